The van der Waals surface area contributed by atoms with E-state index in [-0.39, 0.29) is 12.2 Å². The van der Waals surface area contributed by atoms with Gasteiger partial charge in [0, 0.05) is 0 Å². The molecule has 1 aromatic heterocycles. The van der Waals surface area contributed by atoms with Gasteiger partial charge in [-0.25, -0.2) is 9.79 Å². The Kier molecular flexibility index (Phi) is 8.23. The molecule has 40 heavy (non-hydrogen) atoms. The van der Waals surface area contributed by atoms with Crippen molar-refractivity contribution < 1.29 is 19.0 Å². The van der Waals surface area contributed by atoms with Crippen LogP contribution in [0, 0.1) is 0 Å². The number of hydrogen-bond acceptors (Lipinski definition) is 7. The number of benzene rings is 3. The van der Waals surface area contributed by atoms with Crippen molar-refractivity contribution in [3.8, 4) is 11.5 Å². The number of hydrogen-bond donors (Lipinski definition) is 0. The highest BCUT2D eigenvalue weighted by Crippen LogP contribution is 2.37. The van der Waals surface area contributed by atoms with Gasteiger partial charge in [-0.1, -0.05) is 53.8 Å². The number of halogens is 1. The van der Waals surface area contributed by atoms with E-state index in [4.69, 9.17) is 19.2 Å². The van der Waals surface area contributed by atoms with Crippen molar-refractivity contribution in [2.75, 3.05) is 19.8 Å². The summed E-state index contributed by atoms with van der Waals surface area (Å²) in [5, 5.41) is 1.97. The number of thiazole rings is 1. The van der Waals surface area contributed by atoms with Gasteiger partial charge in [-0.2, -0.15) is 0 Å². The lowest BCUT2D eigenvalue weighted by atomic mass is 9.91. The van der Waals surface area contributed by atoms with Gasteiger partial charge in [-0.15, -0.1) is 0 Å². The van der Waals surface area contributed by atoms with Crippen LogP contribution < -0.4 is 24.4 Å². The molecule has 7 nitrogen and oxygen atoms in total. The van der Waals surface area contributed by atoms with Gasteiger partial charge < -0.3 is 14.2 Å². The Morgan fingerprint density at radius 3 is 2.55 bits per heavy atom. The Morgan fingerprint density at radius 1 is 1.05 bits per heavy atom. The highest BCUT2D eigenvalue weighted by Gasteiger charge is 2.34. The summed E-state index contributed by atoms with van der Waals surface area (Å²) in [6.07, 6.45) is 1.82. The summed E-state index contributed by atoms with van der Waals surface area (Å²) in [4.78, 5) is 32.6. The molecule has 0 saturated carbocycles. The fraction of sp³-hybridized carbons (Fsp3) is 0.258. The summed E-state index contributed by atoms with van der Waals surface area (Å²) < 4.78 is 19.9. The number of allylic oxidation sites excluding steroid dienone is 1. The number of carbonyl (C=O) groups excluding carboxylic acids is 1. The zero-order chi connectivity index (χ0) is 28.4. The van der Waals surface area contributed by atoms with E-state index in [1.165, 1.54) is 11.3 Å². The molecule has 1 aliphatic rings. The average molecular weight is 622 g/mol. The van der Waals surface area contributed by atoms with Crippen molar-refractivity contribution >= 4 is 50.1 Å². The summed E-state index contributed by atoms with van der Waals surface area (Å²) >= 11 is 4.87. The maximum atomic E-state index is 14.1. The lowest BCUT2D eigenvalue weighted by molar-refractivity contribution is -0.139. The second kappa shape index (κ2) is 11.8. The van der Waals surface area contributed by atoms with Crippen LogP contribution in [0.3, 0.4) is 0 Å². The zero-order valence-electron chi connectivity index (χ0n) is 22.7. The van der Waals surface area contributed by atoms with Gasteiger partial charge in [-0.05, 0) is 83.7 Å². The molecule has 9 heteroatoms. The van der Waals surface area contributed by atoms with Crippen LogP contribution in [0.25, 0.3) is 16.8 Å². The first-order valence-corrected chi connectivity index (χ1v) is 14.7. The first-order valence-electron chi connectivity index (χ1n) is 13.1. The topological polar surface area (TPSA) is 79.1 Å². The van der Waals surface area contributed by atoms with Gasteiger partial charge in [0.15, 0.2) is 16.3 Å². The molecule has 3 aromatic carbocycles. The third-order valence-corrected chi connectivity index (χ3v) is 8.13. The van der Waals surface area contributed by atoms with Crippen molar-refractivity contribution in [2.45, 2.75) is 33.7 Å². The second-order valence-corrected chi connectivity index (χ2v) is 10.9. The second-order valence-electron chi connectivity index (χ2n) is 9.07. The van der Waals surface area contributed by atoms with E-state index >= 15 is 0 Å². The van der Waals surface area contributed by atoms with Gasteiger partial charge in [0.05, 0.1) is 46.1 Å². The minimum Gasteiger partial charge on any atom is -0.490 e. The number of ether oxygens (including phenoxy) is 3. The Labute approximate surface area is 244 Å². The van der Waals surface area contributed by atoms with Crippen LogP contribution in [0.4, 0.5) is 0 Å². The van der Waals surface area contributed by atoms with Gasteiger partial charge in [0.25, 0.3) is 5.56 Å². The largest absolute Gasteiger partial charge is 0.490 e. The molecule has 0 unspecified atom stereocenters. The lowest BCUT2D eigenvalue weighted by Gasteiger charge is -2.25. The molecule has 0 bridgehead atoms. The average Bonchev–Trinajstić information content (AvgIpc) is 3.23. The molecular weight excluding hydrogens is 592 g/mol. The number of aromatic nitrogens is 1. The summed E-state index contributed by atoms with van der Waals surface area (Å²) in [6.45, 7) is 8.56. The van der Waals surface area contributed by atoms with Crippen molar-refractivity contribution in [1.82, 2.24) is 4.57 Å². The minimum atomic E-state index is -0.686. The minimum absolute atomic E-state index is 0.219. The first-order chi connectivity index (χ1) is 19.4. The number of rotatable bonds is 8. The molecular formula is C31H29BrN2O5S. The molecule has 0 amide bonds. The molecule has 206 valence electrons. The third kappa shape index (κ3) is 5.11. The van der Waals surface area contributed by atoms with Crippen LogP contribution >= 0.6 is 27.3 Å². The van der Waals surface area contributed by atoms with Crippen molar-refractivity contribution in [1.29, 1.82) is 0 Å². The molecule has 0 radical (unpaired) electrons. The van der Waals surface area contributed by atoms with Gasteiger partial charge in [0.2, 0.25) is 0 Å². The van der Waals surface area contributed by atoms with E-state index in [0.717, 1.165) is 26.4 Å². The van der Waals surface area contributed by atoms with Crippen LogP contribution in [0.2, 0.25) is 0 Å². The smallest absolute Gasteiger partial charge is 0.338 e. The summed E-state index contributed by atoms with van der Waals surface area (Å²) in [5.41, 5.74) is 2.27. The molecule has 4 aromatic rings. The normalized spacial score (nSPS) is 15.1. The molecule has 0 aliphatic carbocycles. The van der Waals surface area contributed by atoms with Gasteiger partial charge in [0.1, 0.15) is 0 Å². The maximum Gasteiger partial charge on any atom is 0.338 e. The predicted molar refractivity (Wildman–Crippen MR) is 161 cm³/mol. The van der Waals surface area contributed by atoms with E-state index in [2.05, 4.69) is 15.9 Å². The summed E-state index contributed by atoms with van der Waals surface area (Å²) in [7, 11) is 0. The molecule has 0 saturated heterocycles. The van der Waals surface area contributed by atoms with E-state index in [0.29, 0.717) is 45.3 Å². The molecule has 0 N–H and O–H groups in total. The summed E-state index contributed by atoms with van der Waals surface area (Å²) in [6, 6.07) is 16.9. The van der Waals surface area contributed by atoms with Gasteiger partial charge in [-0.3, -0.25) is 9.36 Å². The number of carbonyl (C=O) groups is 1. The monoisotopic (exact) mass is 620 g/mol. The van der Waals surface area contributed by atoms with E-state index < -0.39 is 12.0 Å². The maximum absolute atomic E-state index is 14.1. The predicted octanol–water partition coefficient (Wildman–Crippen LogP) is 5.51. The van der Waals surface area contributed by atoms with Crippen LogP contribution in [-0.2, 0) is 9.53 Å². The van der Waals surface area contributed by atoms with Crippen LogP contribution in [0.1, 0.15) is 44.9 Å². The Hall–Kier alpha value is -3.69. The molecule has 0 spiro atoms. The molecule has 5 rings (SSSR count). The quantitative estimate of drug-likeness (QED) is 0.243. The van der Waals surface area contributed by atoms with E-state index in [1.807, 2.05) is 74.5 Å². The van der Waals surface area contributed by atoms with Crippen LogP contribution in [0.5, 0.6) is 11.5 Å². The fourth-order valence-corrected chi connectivity index (χ4v) is 6.57. The fourth-order valence-electron chi connectivity index (χ4n) is 4.94. The van der Waals surface area contributed by atoms with Crippen molar-refractivity contribution in [3.63, 3.8) is 0 Å². The van der Waals surface area contributed by atoms with E-state index in [9.17, 15) is 9.59 Å². The highest BCUT2D eigenvalue weighted by atomic mass is 79.9. The molecule has 1 atom stereocenters. The van der Waals surface area contributed by atoms with Crippen molar-refractivity contribution in [2.24, 2.45) is 4.99 Å². The van der Waals surface area contributed by atoms with E-state index in [1.54, 1.807) is 18.4 Å². The van der Waals surface area contributed by atoms with Crippen molar-refractivity contribution in [3.05, 3.63) is 101 Å². The Bertz CT molecular complexity index is 1820. The Morgan fingerprint density at radius 2 is 1.80 bits per heavy atom. The number of nitrogens with zero attached hydrogens (tertiary/aromatic N) is 2. The Balaban J connectivity index is 1.74. The zero-order valence-corrected chi connectivity index (χ0v) is 25.1. The lowest BCUT2D eigenvalue weighted by Crippen LogP contribution is -2.40. The number of esters is 1. The third-order valence-electron chi connectivity index (χ3n) is 6.55. The SMILES string of the molecule is CCOC(=O)C1=C(C)N=c2s/c(=C/c3cc(Br)c(OCC)c(OCC)c3)c(=O)n2[C@@H]1c1cccc2ccccc12. The van der Waals surface area contributed by atoms with Crippen LogP contribution in [0.15, 0.2) is 80.1 Å². The first kappa shape index (κ1) is 27.9. The molecule has 0 fully saturated rings. The summed E-state index contributed by atoms with van der Waals surface area (Å²) in [5.74, 6) is 0.730. The molecule has 1 aliphatic heterocycles. The van der Waals surface area contributed by atoms with Gasteiger partial charge >= 0.3 is 5.97 Å². The molecule has 2 heterocycles. The highest BCUT2D eigenvalue weighted by molar-refractivity contribution is 9.10. The standard InChI is InChI=1S/C31H29BrN2O5S/c1-5-37-24-16-19(15-23(32)28(24)38-6-2)17-25-29(35)34-27(22-14-10-12-20-11-8-9-13-21(20)22)26(30(36)39-7-3)18(4)33-31(34)40-25/h8-17,27H,5-7H2,1-4H3/b25-17+/t27-/m1/s1. The number of fused-ring (bicyclic) bond motifs is 2. The van der Waals surface area contributed by atoms with Crippen LogP contribution in [-0.4, -0.2) is 30.4 Å².